The number of hydrogen-bond donors (Lipinski definition) is 2. The quantitative estimate of drug-likeness (QED) is 0.0345. The molecular weight excluding hydrogens is 932 g/mol. The summed E-state index contributed by atoms with van der Waals surface area (Å²) in [6.45, 7) is 11.0. The summed E-state index contributed by atoms with van der Waals surface area (Å²) < 4.78 is 102. The maximum Gasteiger partial charge on any atom is 0.416 e. The molecule has 4 aromatic rings. The van der Waals surface area contributed by atoms with Crippen molar-refractivity contribution in [3.05, 3.63) is 58.3 Å². The lowest BCUT2D eigenvalue weighted by Crippen LogP contribution is -2.30. The van der Waals surface area contributed by atoms with E-state index in [2.05, 4.69) is 32.3 Å². The molecule has 0 spiro atoms. The van der Waals surface area contributed by atoms with E-state index in [0.717, 1.165) is 19.1 Å². The minimum absolute atomic E-state index is 0.0840. The first-order valence-electron chi connectivity index (χ1n) is 22.2. The molecule has 1 saturated heterocycles. The van der Waals surface area contributed by atoms with Crippen molar-refractivity contribution < 1.29 is 70.3 Å². The minimum Gasteiger partial charge on any atom is -0.379 e. The van der Waals surface area contributed by atoms with Crippen molar-refractivity contribution in [2.24, 2.45) is 0 Å². The fourth-order valence-electron chi connectivity index (χ4n) is 6.81. The predicted octanol–water partition coefficient (Wildman–Crippen LogP) is 5.10. The van der Waals surface area contributed by atoms with Crippen LogP contribution in [0.4, 0.5) is 19.0 Å². The van der Waals surface area contributed by atoms with Gasteiger partial charge in [-0.3, -0.25) is 0 Å². The molecule has 1 aliphatic heterocycles. The van der Waals surface area contributed by atoms with E-state index in [0.29, 0.717) is 114 Å². The number of aryl methyl sites for hydroxylation is 1. The van der Waals surface area contributed by atoms with Gasteiger partial charge < -0.3 is 62.1 Å². The zero-order chi connectivity index (χ0) is 47.7. The van der Waals surface area contributed by atoms with E-state index in [1.807, 2.05) is 0 Å². The van der Waals surface area contributed by atoms with Crippen molar-refractivity contribution in [3.8, 4) is 0 Å². The molecule has 376 valence electrons. The van der Waals surface area contributed by atoms with Gasteiger partial charge in [-0.05, 0) is 55.0 Å². The van der Waals surface area contributed by atoms with Crippen molar-refractivity contribution >= 4 is 36.8 Å². The van der Waals surface area contributed by atoms with E-state index in [-0.39, 0.29) is 75.2 Å². The molecule has 0 amide bonds. The maximum absolute atomic E-state index is 14.3. The van der Waals surface area contributed by atoms with Crippen molar-refractivity contribution in [3.63, 3.8) is 0 Å². The lowest BCUT2D eigenvalue weighted by molar-refractivity contribution is -0.138. The third-order valence-corrected chi connectivity index (χ3v) is 10.6. The Balaban J connectivity index is 0.979. The van der Waals surface area contributed by atoms with E-state index in [1.165, 1.54) is 12.3 Å². The maximum atomic E-state index is 14.3. The first-order chi connectivity index (χ1) is 32.5. The zero-order valence-electron chi connectivity index (χ0n) is 38.0. The molecule has 0 radical (unpaired) electrons. The number of benzene rings is 1. The molecule has 1 fully saturated rings. The van der Waals surface area contributed by atoms with Gasteiger partial charge in [0.25, 0.3) is 0 Å². The molecule has 4 heterocycles. The fraction of sp³-hybridized carbons (Fsp3) is 0.690. The van der Waals surface area contributed by atoms with Crippen LogP contribution in [-0.4, -0.2) is 169 Å². The third-order valence-electron chi connectivity index (χ3n) is 10.0. The Hall–Kier alpha value is -3.26. The molecule has 5 rings (SSSR count). The number of fused-ring (bicyclic) bond motifs is 1. The molecular formula is C42H63ClF3N8O12P. The van der Waals surface area contributed by atoms with Crippen LogP contribution in [0.25, 0.3) is 11.0 Å². The lowest BCUT2D eigenvalue weighted by Gasteiger charge is -2.27. The van der Waals surface area contributed by atoms with E-state index in [4.69, 9.17) is 68.8 Å². The Morgan fingerprint density at radius 3 is 2.09 bits per heavy atom. The second-order valence-electron chi connectivity index (χ2n) is 15.1. The number of anilines is 1. The van der Waals surface area contributed by atoms with Gasteiger partial charge >= 0.3 is 6.18 Å². The smallest absolute Gasteiger partial charge is 0.379 e. The molecule has 25 heteroatoms. The predicted molar refractivity (Wildman–Crippen MR) is 239 cm³/mol. The van der Waals surface area contributed by atoms with Crippen molar-refractivity contribution in [1.29, 1.82) is 0 Å². The van der Waals surface area contributed by atoms with Gasteiger partial charge in [-0.2, -0.15) is 28.2 Å². The van der Waals surface area contributed by atoms with Gasteiger partial charge in [0, 0.05) is 19.7 Å². The largest absolute Gasteiger partial charge is 0.416 e. The van der Waals surface area contributed by atoms with E-state index in [1.54, 1.807) is 33.5 Å². The molecule has 0 saturated carbocycles. The zero-order valence-corrected chi connectivity index (χ0v) is 39.7. The Morgan fingerprint density at radius 1 is 0.821 bits per heavy atom. The minimum atomic E-state index is -4.59. The summed E-state index contributed by atoms with van der Waals surface area (Å²) in [6.07, 6.45) is -0.116. The molecule has 0 aliphatic carbocycles. The highest BCUT2D eigenvalue weighted by molar-refractivity contribution is 7.44. The highest BCUT2D eigenvalue weighted by Gasteiger charge is 2.35. The van der Waals surface area contributed by atoms with Gasteiger partial charge in [0.2, 0.25) is 5.28 Å². The van der Waals surface area contributed by atoms with E-state index >= 15 is 0 Å². The first kappa shape index (κ1) is 54.7. The van der Waals surface area contributed by atoms with Gasteiger partial charge in [0.05, 0.1) is 142 Å². The van der Waals surface area contributed by atoms with Crippen LogP contribution in [-0.2, 0) is 73.2 Å². The van der Waals surface area contributed by atoms with Crippen molar-refractivity contribution in [2.75, 3.05) is 124 Å². The van der Waals surface area contributed by atoms with Crippen LogP contribution in [0.2, 0.25) is 5.28 Å². The summed E-state index contributed by atoms with van der Waals surface area (Å²) in [4.78, 5) is 28.9. The molecule has 2 N–H and O–H groups in total. The SMILES string of the molecule is CCCOCCOCCOCCOCCn1cc(COCCOCCOCCOCCN(Cc2c(C)cccc2C(F)(F)F)c2nc(Cl)nc3c2cnn3C2CCC(COCP(O)O)O2)nn1. The van der Waals surface area contributed by atoms with Crippen LogP contribution < -0.4 is 4.90 Å². The average Bonchev–Trinajstić information content (AvgIpc) is 4.07. The van der Waals surface area contributed by atoms with E-state index < -0.39 is 26.3 Å². The number of halogens is 4. The van der Waals surface area contributed by atoms with Gasteiger partial charge in [0.1, 0.15) is 17.9 Å². The number of hydrogen-bond acceptors (Lipinski definition) is 18. The summed E-state index contributed by atoms with van der Waals surface area (Å²) in [5.74, 6) is 0.281. The Kier molecular flexibility index (Phi) is 24.8. The second-order valence-corrected chi connectivity index (χ2v) is 16.5. The van der Waals surface area contributed by atoms with Gasteiger partial charge in [0.15, 0.2) is 20.3 Å². The van der Waals surface area contributed by atoms with Crippen LogP contribution in [0.1, 0.15) is 54.8 Å². The molecule has 67 heavy (non-hydrogen) atoms. The summed E-state index contributed by atoms with van der Waals surface area (Å²) >= 11 is 6.46. The number of aromatic nitrogens is 7. The van der Waals surface area contributed by atoms with Crippen LogP contribution in [0, 0.1) is 6.92 Å². The Bertz CT molecular complexity index is 1990. The highest BCUT2D eigenvalue weighted by atomic mass is 35.5. The standard InChI is InChI=1S/C42H63ClF3N8O12P/c1-3-11-57-14-17-60-20-21-62-19-16-59-13-10-53-27-33(50-51-53)29-64-25-24-63-23-22-61-18-15-58-12-9-52(28-36-32(2)5-4-6-37(36)42(44,45)46)39-35-26-47-54(40(35)49-41(43)48-39)38-8-7-34(66-38)30-65-31-67(55)56/h4-6,26-27,34,38,55-56H,3,7-25,28-31H2,1-2H3. The highest BCUT2D eigenvalue weighted by Crippen LogP contribution is 2.37. The molecule has 2 atom stereocenters. The molecule has 1 aromatic carbocycles. The van der Waals surface area contributed by atoms with Crippen LogP contribution >= 0.6 is 20.0 Å². The van der Waals surface area contributed by atoms with Gasteiger partial charge in [-0.1, -0.05) is 24.3 Å². The van der Waals surface area contributed by atoms with Crippen molar-refractivity contribution in [1.82, 2.24) is 34.7 Å². The Morgan fingerprint density at radius 2 is 1.45 bits per heavy atom. The lowest BCUT2D eigenvalue weighted by atomic mass is 10.0. The van der Waals surface area contributed by atoms with Gasteiger partial charge in [-0.15, -0.1) is 5.10 Å². The number of nitrogens with zero attached hydrogens (tertiary/aromatic N) is 8. The summed E-state index contributed by atoms with van der Waals surface area (Å²) in [7, 11) is -2.18. The number of ether oxygens (including phenoxy) is 10. The summed E-state index contributed by atoms with van der Waals surface area (Å²) in [6, 6.07) is 4.07. The first-order valence-corrected chi connectivity index (χ1v) is 24.0. The molecule has 20 nitrogen and oxygen atoms in total. The normalized spacial score (nSPS) is 15.5. The average molecular weight is 995 g/mol. The van der Waals surface area contributed by atoms with Crippen LogP contribution in [0.5, 0.6) is 0 Å². The topological polar surface area (TPSA) is 210 Å². The molecule has 2 unspecified atom stereocenters. The third kappa shape index (κ3) is 19.6. The summed E-state index contributed by atoms with van der Waals surface area (Å²) in [5.41, 5.74) is 0.822. The second kappa shape index (κ2) is 30.4. The van der Waals surface area contributed by atoms with Crippen LogP contribution in [0.15, 0.2) is 30.6 Å². The Labute approximate surface area is 394 Å². The van der Waals surface area contributed by atoms with Gasteiger partial charge in [-0.25, -0.2) is 9.36 Å². The number of alkyl halides is 3. The van der Waals surface area contributed by atoms with Crippen molar-refractivity contribution in [2.45, 2.75) is 71.3 Å². The molecule has 0 bridgehead atoms. The fourth-order valence-corrected chi connectivity index (χ4v) is 7.24. The molecule has 1 aliphatic rings. The van der Waals surface area contributed by atoms with E-state index in [9.17, 15) is 13.2 Å². The monoisotopic (exact) mass is 994 g/mol. The summed E-state index contributed by atoms with van der Waals surface area (Å²) in [5, 5.41) is 13.1. The number of rotatable bonds is 36. The van der Waals surface area contributed by atoms with Crippen LogP contribution in [0.3, 0.4) is 0 Å². The molecule has 3 aromatic heterocycles.